The van der Waals surface area contributed by atoms with Gasteiger partial charge in [-0.1, -0.05) is 27.5 Å². The van der Waals surface area contributed by atoms with Crippen LogP contribution in [-0.4, -0.2) is 23.1 Å². The Balaban J connectivity index is 1.88. The first kappa shape index (κ1) is 15.1. The van der Waals surface area contributed by atoms with Gasteiger partial charge in [-0.15, -0.1) is 0 Å². The number of carboxylic acid groups (broad SMARTS) is 1. The van der Waals surface area contributed by atoms with Crippen molar-refractivity contribution in [3.8, 4) is 0 Å². The standard InChI is InChI=1S/C13H14BrClN2O3/c14-8-2-4-11(10(15)6-8)17-13(20)16-9-3-1-7(5-9)12(18)19/h2,4,6-7,9H,1,3,5H2,(H,18,19)(H2,16,17,20)/t7-,9+/m1/s1. The molecule has 1 aromatic rings. The number of carbonyl (C=O) groups excluding carboxylic acids is 1. The highest BCUT2D eigenvalue weighted by molar-refractivity contribution is 9.10. The zero-order chi connectivity index (χ0) is 14.7. The van der Waals surface area contributed by atoms with Crippen LogP contribution in [0, 0.1) is 5.92 Å². The highest BCUT2D eigenvalue weighted by atomic mass is 79.9. The molecule has 1 aliphatic carbocycles. The topological polar surface area (TPSA) is 78.4 Å². The van der Waals surface area contributed by atoms with Crippen molar-refractivity contribution in [2.45, 2.75) is 25.3 Å². The van der Waals surface area contributed by atoms with Crippen LogP contribution in [0.15, 0.2) is 22.7 Å². The van der Waals surface area contributed by atoms with E-state index in [9.17, 15) is 9.59 Å². The number of carbonyl (C=O) groups is 2. The summed E-state index contributed by atoms with van der Waals surface area (Å²) in [6.45, 7) is 0. The summed E-state index contributed by atoms with van der Waals surface area (Å²) in [6, 6.07) is 4.68. The summed E-state index contributed by atoms with van der Waals surface area (Å²) in [5.41, 5.74) is 0.514. The molecule has 0 bridgehead atoms. The van der Waals surface area contributed by atoms with Crippen molar-refractivity contribution in [2.75, 3.05) is 5.32 Å². The monoisotopic (exact) mass is 360 g/mol. The second kappa shape index (κ2) is 6.45. The lowest BCUT2D eigenvalue weighted by Crippen LogP contribution is -2.36. The normalized spacial score (nSPS) is 21.5. The lowest BCUT2D eigenvalue weighted by atomic mass is 10.1. The molecular weight excluding hydrogens is 348 g/mol. The average molecular weight is 362 g/mol. The molecule has 20 heavy (non-hydrogen) atoms. The molecule has 108 valence electrons. The molecule has 2 atom stereocenters. The molecule has 2 amide bonds. The van der Waals surface area contributed by atoms with Gasteiger partial charge in [-0.2, -0.15) is 0 Å². The number of hydrogen-bond donors (Lipinski definition) is 3. The Bertz CT molecular complexity index is 538. The number of carboxylic acids is 1. The van der Waals surface area contributed by atoms with Crippen LogP contribution in [0.5, 0.6) is 0 Å². The van der Waals surface area contributed by atoms with Crippen LogP contribution in [-0.2, 0) is 4.79 Å². The van der Waals surface area contributed by atoms with Crippen molar-refractivity contribution < 1.29 is 14.7 Å². The fourth-order valence-corrected chi connectivity index (χ4v) is 2.99. The van der Waals surface area contributed by atoms with Gasteiger partial charge in [0.15, 0.2) is 0 Å². The Labute approximate surface area is 129 Å². The van der Waals surface area contributed by atoms with Crippen molar-refractivity contribution >= 4 is 45.2 Å². The van der Waals surface area contributed by atoms with Crippen LogP contribution >= 0.6 is 27.5 Å². The lowest BCUT2D eigenvalue weighted by molar-refractivity contribution is -0.141. The Morgan fingerprint density at radius 1 is 1.35 bits per heavy atom. The third-order valence-corrected chi connectivity index (χ3v) is 4.10. The number of anilines is 1. The predicted octanol–water partition coefficient (Wildman–Crippen LogP) is 3.48. The maximum atomic E-state index is 11.8. The quantitative estimate of drug-likeness (QED) is 0.771. The molecule has 1 aromatic carbocycles. The summed E-state index contributed by atoms with van der Waals surface area (Å²) in [5.74, 6) is -1.16. The van der Waals surface area contributed by atoms with Crippen LogP contribution in [0.3, 0.4) is 0 Å². The molecule has 0 heterocycles. The molecule has 0 aliphatic heterocycles. The van der Waals surface area contributed by atoms with Gasteiger partial charge in [0.25, 0.3) is 0 Å². The number of urea groups is 1. The zero-order valence-electron chi connectivity index (χ0n) is 10.5. The molecule has 1 fully saturated rings. The van der Waals surface area contributed by atoms with Crippen LogP contribution < -0.4 is 10.6 Å². The van der Waals surface area contributed by atoms with Crippen molar-refractivity contribution in [2.24, 2.45) is 5.92 Å². The van der Waals surface area contributed by atoms with E-state index in [1.54, 1.807) is 18.2 Å². The molecule has 0 saturated heterocycles. The molecule has 0 aromatic heterocycles. The molecule has 0 spiro atoms. The summed E-state index contributed by atoms with van der Waals surface area (Å²) in [6.07, 6.45) is 1.74. The van der Waals surface area contributed by atoms with Gasteiger partial charge >= 0.3 is 12.0 Å². The first-order valence-corrected chi connectivity index (χ1v) is 7.38. The molecule has 0 unspecified atom stereocenters. The number of hydrogen-bond acceptors (Lipinski definition) is 2. The van der Waals surface area contributed by atoms with E-state index in [4.69, 9.17) is 16.7 Å². The van der Waals surface area contributed by atoms with E-state index >= 15 is 0 Å². The lowest BCUT2D eigenvalue weighted by Gasteiger charge is -2.14. The van der Waals surface area contributed by atoms with Crippen molar-refractivity contribution in [3.63, 3.8) is 0 Å². The number of amides is 2. The molecule has 0 radical (unpaired) electrons. The third-order valence-electron chi connectivity index (χ3n) is 3.30. The van der Waals surface area contributed by atoms with E-state index in [0.717, 1.165) is 4.47 Å². The highest BCUT2D eigenvalue weighted by Gasteiger charge is 2.30. The van der Waals surface area contributed by atoms with Crippen molar-refractivity contribution in [1.29, 1.82) is 0 Å². The van der Waals surface area contributed by atoms with E-state index in [1.807, 2.05) is 0 Å². The van der Waals surface area contributed by atoms with Gasteiger partial charge in [0.05, 0.1) is 16.6 Å². The first-order chi connectivity index (χ1) is 9.45. The van der Waals surface area contributed by atoms with Gasteiger partial charge in [-0.25, -0.2) is 4.79 Å². The van der Waals surface area contributed by atoms with Crippen molar-refractivity contribution in [3.05, 3.63) is 27.7 Å². The van der Waals surface area contributed by atoms with E-state index in [-0.39, 0.29) is 18.0 Å². The Morgan fingerprint density at radius 3 is 2.70 bits per heavy atom. The summed E-state index contributed by atoms with van der Waals surface area (Å²) in [5, 5.41) is 14.8. The largest absolute Gasteiger partial charge is 0.481 e. The molecule has 5 nitrogen and oxygen atoms in total. The number of nitrogens with one attached hydrogen (secondary N) is 2. The second-order valence-corrected chi connectivity index (χ2v) is 6.09. The van der Waals surface area contributed by atoms with E-state index in [1.165, 1.54) is 0 Å². The Hall–Kier alpha value is -1.27. The number of aliphatic carboxylic acids is 1. The molecule has 2 rings (SSSR count). The fraction of sp³-hybridized carbons (Fsp3) is 0.385. The molecule has 3 N–H and O–H groups in total. The van der Waals surface area contributed by atoms with E-state index in [2.05, 4.69) is 26.6 Å². The van der Waals surface area contributed by atoms with E-state index < -0.39 is 5.97 Å². The second-order valence-electron chi connectivity index (χ2n) is 4.77. The maximum Gasteiger partial charge on any atom is 0.319 e. The van der Waals surface area contributed by atoms with Crippen molar-refractivity contribution in [1.82, 2.24) is 5.32 Å². The van der Waals surface area contributed by atoms with Crippen LogP contribution in [0.4, 0.5) is 10.5 Å². The zero-order valence-corrected chi connectivity index (χ0v) is 12.9. The van der Waals surface area contributed by atoms with Crippen LogP contribution in [0.2, 0.25) is 5.02 Å². The van der Waals surface area contributed by atoms with Gasteiger partial charge in [-0.05, 0) is 37.5 Å². The van der Waals surface area contributed by atoms with Crippen LogP contribution in [0.1, 0.15) is 19.3 Å². The van der Waals surface area contributed by atoms with Crippen LogP contribution in [0.25, 0.3) is 0 Å². The van der Waals surface area contributed by atoms with E-state index in [0.29, 0.717) is 30.0 Å². The Kier molecular flexibility index (Phi) is 4.88. The number of benzene rings is 1. The number of rotatable bonds is 3. The molecule has 1 aliphatic rings. The van der Waals surface area contributed by atoms with Gasteiger partial charge < -0.3 is 15.7 Å². The van der Waals surface area contributed by atoms with Gasteiger partial charge in [0.1, 0.15) is 0 Å². The summed E-state index contributed by atoms with van der Waals surface area (Å²) >= 11 is 9.29. The average Bonchev–Trinajstić information content (AvgIpc) is 2.81. The summed E-state index contributed by atoms with van der Waals surface area (Å²) in [7, 11) is 0. The van der Waals surface area contributed by atoms with Gasteiger partial charge in [0.2, 0.25) is 0 Å². The first-order valence-electron chi connectivity index (χ1n) is 6.21. The van der Waals surface area contributed by atoms with Gasteiger partial charge in [0, 0.05) is 10.5 Å². The molecular formula is C13H14BrClN2O3. The minimum atomic E-state index is -0.800. The fourth-order valence-electron chi connectivity index (χ4n) is 2.27. The molecule has 1 saturated carbocycles. The SMILES string of the molecule is O=C(Nc1ccc(Br)cc1Cl)N[C@H]1CC[C@@H](C(=O)O)C1. The minimum absolute atomic E-state index is 0.106. The minimum Gasteiger partial charge on any atom is -0.481 e. The maximum absolute atomic E-state index is 11.8. The third kappa shape index (κ3) is 3.86. The summed E-state index contributed by atoms with van der Waals surface area (Å²) < 4.78 is 0.827. The van der Waals surface area contributed by atoms with Gasteiger partial charge in [-0.3, -0.25) is 4.79 Å². The Morgan fingerprint density at radius 2 is 2.10 bits per heavy atom. The number of halogens is 2. The summed E-state index contributed by atoms with van der Waals surface area (Å²) in [4.78, 5) is 22.7. The smallest absolute Gasteiger partial charge is 0.319 e. The molecule has 7 heteroatoms. The highest BCUT2D eigenvalue weighted by Crippen LogP contribution is 2.27. The predicted molar refractivity (Wildman–Crippen MR) is 80.1 cm³/mol.